The fourth-order valence-corrected chi connectivity index (χ4v) is 11.2. The summed E-state index contributed by atoms with van der Waals surface area (Å²) < 4.78 is 0. The second kappa shape index (κ2) is 24.7. The number of nitrogens with zero attached hydrogens (tertiary/aromatic N) is 6. The van der Waals surface area contributed by atoms with Crippen LogP contribution in [0.1, 0.15) is 129 Å². The Morgan fingerprint density at radius 1 is 0.887 bits per heavy atom. The summed E-state index contributed by atoms with van der Waals surface area (Å²) in [4.78, 5) is 75.8. The highest BCUT2D eigenvalue weighted by molar-refractivity contribution is 7.99. The largest absolute Gasteiger partial charge is 0.391 e. The zero-order chi connectivity index (χ0) is 50.7. The molecule has 3 aliphatic rings. The van der Waals surface area contributed by atoms with E-state index in [-0.39, 0.29) is 54.1 Å². The van der Waals surface area contributed by atoms with Crippen LogP contribution in [0.4, 0.5) is 11.5 Å². The van der Waals surface area contributed by atoms with Crippen LogP contribution in [0.2, 0.25) is 0 Å². The van der Waals surface area contributed by atoms with Crippen molar-refractivity contribution in [3.8, 4) is 10.4 Å². The number of aromatic nitrogens is 3. The average molecular weight is 1010 g/mol. The van der Waals surface area contributed by atoms with Gasteiger partial charge >= 0.3 is 0 Å². The summed E-state index contributed by atoms with van der Waals surface area (Å²) in [7, 11) is 0. The third-order valence-electron chi connectivity index (χ3n) is 14.2. The van der Waals surface area contributed by atoms with Crippen molar-refractivity contribution in [1.29, 1.82) is 0 Å². The summed E-state index contributed by atoms with van der Waals surface area (Å²) in [6.07, 6.45) is 13.5. The lowest BCUT2D eigenvalue weighted by molar-refractivity contribution is -0.144. The number of β-amino-alcohol motifs (C(OH)–C–C–N with tert-alkyl or cyclic N) is 1. The Morgan fingerprint density at radius 3 is 2.23 bits per heavy atom. The van der Waals surface area contributed by atoms with Crippen molar-refractivity contribution in [1.82, 2.24) is 35.4 Å². The molecule has 3 saturated heterocycles. The molecule has 17 heteroatoms. The van der Waals surface area contributed by atoms with E-state index in [9.17, 15) is 24.3 Å². The van der Waals surface area contributed by atoms with Gasteiger partial charge in [0.2, 0.25) is 23.6 Å². The number of piperidine rings is 1. The number of carbonyl (C=O) groups excluding carboxylic acids is 4. The van der Waals surface area contributed by atoms with Gasteiger partial charge in [-0.25, -0.2) is 15.0 Å². The maximum atomic E-state index is 14.1. The van der Waals surface area contributed by atoms with Crippen LogP contribution in [0.5, 0.6) is 0 Å². The minimum atomic E-state index is -0.844. The number of likely N-dealkylation sites (tertiary alicyclic amines) is 2. The Hall–Kier alpha value is -4.94. The van der Waals surface area contributed by atoms with Crippen molar-refractivity contribution in [3.63, 3.8) is 0 Å². The quantitative estimate of drug-likeness (QED) is 0.0475. The van der Waals surface area contributed by atoms with E-state index in [0.717, 1.165) is 140 Å². The molecule has 0 unspecified atom stereocenters. The lowest BCUT2D eigenvalue weighted by atomic mass is 9.85. The molecule has 2 aromatic carbocycles. The smallest absolute Gasteiger partial charge is 0.246 e. The lowest BCUT2D eigenvalue weighted by Gasteiger charge is -2.38. The summed E-state index contributed by atoms with van der Waals surface area (Å²) in [6.45, 7) is 16.1. The van der Waals surface area contributed by atoms with Gasteiger partial charge in [-0.2, -0.15) is 0 Å². The van der Waals surface area contributed by atoms with Crippen LogP contribution in [-0.2, 0) is 19.2 Å². The predicted molar refractivity (Wildman–Crippen MR) is 283 cm³/mol. The van der Waals surface area contributed by atoms with Crippen molar-refractivity contribution in [2.24, 2.45) is 17.1 Å². The standard InChI is InChI=1S/C54H76N10O5S2/c1-36(38-19-21-39(22-20-38)48-37(2)58-35-70-48)59-51(68)44-29-42(65)34-64(44)52(69)49(53(3,4)5)61-46(66)18-13-11-9-7-8-10-12-14-25-62-32-40(33-62)50(67)60-41-16-15-17-43(28-41)71-47-31-56-45(30-57-47)63-26-23-54(6,55)24-27-63/h15-17,19-22,28,30-31,35-36,40,42,44,49,65H,7-14,18,23-27,29,32-34,55H2,1-6H3,(H,59,68)(H,60,67)(H,61,66)/t36-,42+,44-,49+/m0/s1. The molecule has 5 heterocycles. The van der Waals surface area contributed by atoms with E-state index >= 15 is 0 Å². The number of aryl methyl sites for hydroxylation is 1. The SMILES string of the molecule is Cc1ncsc1-c1ccc([C@H](C)NC(=O)[C@@H]2C[C@@H](O)CN2C(=O)[C@@H](NC(=O)CCCCCCCCCCN2CC(C(=O)Nc3cccc(Sc4cnc(N5CCC(C)(N)CC5)cn4)c3)C2)C(C)(C)C)cc1. The van der Waals surface area contributed by atoms with Gasteiger partial charge in [-0.05, 0) is 87.7 Å². The summed E-state index contributed by atoms with van der Waals surface area (Å²) in [5.41, 5.74) is 11.2. The number of aliphatic hydroxyl groups is 1. The molecule has 15 nitrogen and oxygen atoms in total. The molecule has 6 N–H and O–H groups in total. The molecule has 4 atom stereocenters. The van der Waals surface area contributed by atoms with Crippen LogP contribution in [0, 0.1) is 18.3 Å². The fourth-order valence-electron chi connectivity index (χ4n) is 9.62. The van der Waals surface area contributed by atoms with Crippen LogP contribution >= 0.6 is 23.1 Å². The number of rotatable bonds is 22. The van der Waals surface area contributed by atoms with Crippen LogP contribution in [0.3, 0.4) is 0 Å². The summed E-state index contributed by atoms with van der Waals surface area (Å²) in [6, 6.07) is 13.9. The Morgan fingerprint density at radius 2 is 1.58 bits per heavy atom. The Labute approximate surface area is 428 Å². The van der Waals surface area contributed by atoms with E-state index in [2.05, 4.69) is 47.6 Å². The van der Waals surface area contributed by atoms with Crippen molar-refractivity contribution >= 4 is 58.2 Å². The first-order valence-electron chi connectivity index (χ1n) is 25.7. The van der Waals surface area contributed by atoms with Crippen molar-refractivity contribution in [3.05, 3.63) is 77.7 Å². The number of benzene rings is 2. The van der Waals surface area contributed by atoms with E-state index < -0.39 is 23.6 Å². The number of hydrogen-bond acceptors (Lipinski definition) is 13. The van der Waals surface area contributed by atoms with Crippen LogP contribution < -0.4 is 26.6 Å². The normalized spacial score (nSPS) is 19.2. The molecule has 3 fully saturated rings. The molecule has 384 valence electrons. The molecule has 2 aromatic heterocycles. The van der Waals surface area contributed by atoms with E-state index in [1.165, 1.54) is 16.7 Å². The molecule has 0 spiro atoms. The molecule has 3 aliphatic heterocycles. The lowest BCUT2D eigenvalue weighted by Crippen LogP contribution is -2.57. The summed E-state index contributed by atoms with van der Waals surface area (Å²) in [5.74, 6) is 0.0750. The number of aliphatic hydroxyl groups excluding tert-OH is 1. The highest BCUT2D eigenvalue weighted by Crippen LogP contribution is 2.32. The second-order valence-electron chi connectivity index (χ2n) is 21.4. The monoisotopic (exact) mass is 1010 g/mol. The van der Waals surface area contributed by atoms with Gasteiger partial charge in [0.15, 0.2) is 0 Å². The zero-order valence-corrected chi connectivity index (χ0v) is 44.3. The predicted octanol–water partition coefficient (Wildman–Crippen LogP) is 8.13. The van der Waals surface area contributed by atoms with Crippen LogP contribution in [-0.4, -0.2) is 116 Å². The number of anilines is 2. The number of amides is 4. The first-order chi connectivity index (χ1) is 33.9. The number of carbonyl (C=O) groups is 4. The molecular formula is C54H76N10O5S2. The van der Waals surface area contributed by atoms with E-state index in [4.69, 9.17) is 5.73 Å². The summed E-state index contributed by atoms with van der Waals surface area (Å²) in [5, 5.41) is 20.6. The number of unbranched alkanes of at least 4 members (excludes halogenated alkanes) is 7. The highest BCUT2D eigenvalue weighted by Gasteiger charge is 2.45. The number of hydrogen-bond donors (Lipinski definition) is 5. The van der Waals surface area contributed by atoms with Crippen molar-refractivity contribution in [2.45, 2.75) is 158 Å². The third kappa shape index (κ3) is 15.3. The number of nitrogens with two attached hydrogens (primary N) is 1. The Balaban J connectivity index is 0.730. The molecule has 4 aromatic rings. The van der Waals surface area contributed by atoms with Gasteiger partial charge in [0.05, 0.1) is 46.5 Å². The van der Waals surface area contributed by atoms with Crippen molar-refractivity contribution < 1.29 is 24.3 Å². The molecule has 0 aliphatic carbocycles. The second-order valence-corrected chi connectivity index (χ2v) is 23.3. The zero-order valence-electron chi connectivity index (χ0n) is 42.6. The molecule has 71 heavy (non-hydrogen) atoms. The highest BCUT2D eigenvalue weighted by atomic mass is 32.2. The summed E-state index contributed by atoms with van der Waals surface area (Å²) >= 11 is 3.12. The van der Waals surface area contributed by atoms with Gasteiger partial charge in [0, 0.05) is 61.7 Å². The van der Waals surface area contributed by atoms with Gasteiger partial charge in [-0.1, -0.05) is 101 Å². The van der Waals surface area contributed by atoms with Crippen LogP contribution in [0.25, 0.3) is 10.4 Å². The third-order valence-corrected chi connectivity index (χ3v) is 16.1. The van der Waals surface area contributed by atoms with Gasteiger partial charge in [-0.3, -0.25) is 19.2 Å². The topological polar surface area (TPSA) is 199 Å². The number of nitrogens with one attached hydrogen (secondary N) is 3. The van der Waals surface area contributed by atoms with Gasteiger partial charge < -0.3 is 41.5 Å². The number of thiazole rings is 1. The van der Waals surface area contributed by atoms with E-state index in [1.54, 1.807) is 11.3 Å². The van der Waals surface area contributed by atoms with E-state index in [1.807, 2.05) is 101 Å². The minimum absolute atomic E-state index is 0.00680. The van der Waals surface area contributed by atoms with Gasteiger partial charge in [-0.15, -0.1) is 11.3 Å². The maximum absolute atomic E-state index is 14.1. The molecule has 4 amide bonds. The van der Waals surface area contributed by atoms with Gasteiger partial charge in [0.1, 0.15) is 22.9 Å². The minimum Gasteiger partial charge on any atom is -0.391 e. The molecule has 7 rings (SSSR count). The average Bonchev–Trinajstić information content (AvgIpc) is 3.94. The molecule has 0 saturated carbocycles. The maximum Gasteiger partial charge on any atom is 0.246 e. The van der Waals surface area contributed by atoms with E-state index in [0.29, 0.717) is 6.42 Å². The van der Waals surface area contributed by atoms with Crippen LogP contribution in [0.15, 0.2) is 76.4 Å². The molecule has 0 bridgehead atoms. The Kier molecular flexibility index (Phi) is 18.7. The first-order valence-corrected chi connectivity index (χ1v) is 27.4. The molecule has 0 radical (unpaired) electrons. The molecular weight excluding hydrogens is 933 g/mol. The first kappa shape index (κ1) is 53.8. The van der Waals surface area contributed by atoms with Crippen molar-refractivity contribution in [2.75, 3.05) is 49.5 Å². The fraction of sp³-hybridized carbons (Fsp3) is 0.574. The Bertz CT molecular complexity index is 2390. The van der Waals surface area contributed by atoms with Gasteiger partial charge in [0.25, 0.3) is 0 Å².